The molecule has 0 atom stereocenters. The maximum Gasteiger partial charge on any atom is 0.144 e. The highest BCUT2D eigenvalue weighted by Gasteiger charge is 2.09. The van der Waals surface area contributed by atoms with E-state index >= 15 is 0 Å². The largest absolute Gasteiger partial charge is 0.368 e. The van der Waals surface area contributed by atoms with Crippen molar-refractivity contribution in [1.82, 2.24) is 9.88 Å². The molecule has 17 heavy (non-hydrogen) atoms. The highest BCUT2D eigenvalue weighted by Crippen LogP contribution is 2.22. The molecule has 1 aromatic rings. The Labute approximate surface area is 116 Å². The second-order valence-corrected chi connectivity index (χ2v) is 5.64. The molecule has 0 saturated carbocycles. The van der Waals surface area contributed by atoms with Crippen LogP contribution in [0.4, 0.5) is 5.82 Å². The van der Waals surface area contributed by atoms with Crippen molar-refractivity contribution in [1.29, 1.82) is 0 Å². The molecular formula is C12H17BrClN3. The van der Waals surface area contributed by atoms with Crippen molar-refractivity contribution in [2.24, 2.45) is 0 Å². The predicted octanol–water partition coefficient (Wildman–Crippen LogP) is 3.40. The first-order chi connectivity index (χ1) is 8.25. The van der Waals surface area contributed by atoms with Gasteiger partial charge in [0.05, 0.1) is 5.02 Å². The minimum Gasteiger partial charge on any atom is -0.368 e. The number of nitrogens with zero attached hydrogens (tertiary/aromatic N) is 2. The van der Waals surface area contributed by atoms with Crippen molar-refractivity contribution in [3.8, 4) is 0 Å². The molecule has 1 saturated heterocycles. The molecule has 0 spiro atoms. The first-order valence-corrected chi connectivity index (χ1v) is 7.20. The predicted molar refractivity (Wildman–Crippen MR) is 75.7 cm³/mol. The number of hydrogen-bond donors (Lipinski definition) is 1. The van der Waals surface area contributed by atoms with E-state index in [2.05, 4.69) is 31.1 Å². The molecule has 0 unspecified atom stereocenters. The number of pyridine rings is 1. The van der Waals surface area contributed by atoms with Gasteiger partial charge in [0.1, 0.15) is 5.82 Å². The fourth-order valence-corrected chi connectivity index (χ4v) is 2.76. The van der Waals surface area contributed by atoms with E-state index in [9.17, 15) is 0 Å². The van der Waals surface area contributed by atoms with Crippen molar-refractivity contribution in [3.63, 3.8) is 0 Å². The number of aromatic nitrogens is 1. The summed E-state index contributed by atoms with van der Waals surface area (Å²) in [5.74, 6) is 0.770. The zero-order valence-corrected chi connectivity index (χ0v) is 12.1. The highest BCUT2D eigenvalue weighted by atomic mass is 79.9. The fraction of sp³-hybridized carbons (Fsp3) is 0.583. The Bertz CT molecular complexity index is 367. The van der Waals surface area contributed by atoms with Crippen LogP contribution in [-0.2, 0) is 0 Å². The second-order valence-electron chi connectivity index (χ2n) is 4.31. The van der Waals surface area contributed by atoms with Gasteiger partial charge in [0.2, 0.25) is 0 Å². The molecule has 94 valence electrons. The Morgan fingerprint density at radius 3 is 2.82 bits per heavy atom. The van der Waals surface area contributed by atoms with E-state index in [1.165, 1.54) is 32.4 Å². The van der Waals surface area contributed by atoms with Crippen molar-refractivity contribution < 1.29 is 0 Å². The molecule has 1 aliphatic heterocycles. The first kappa shape index (κ1) is 13.1. The summed E-state index contributed by atoms with van der Waals surface area (Å²) < 4.78 is 0.907. The number of halogens is 2. The Kier molecular flexibility index (Phi) is 5.07. The summed E-state index contributed by atoms with van der Waals surface area (Å²) in [6.07, 6.45) is 5.80. The van der Waals surface area contributed by atoms with Gasteiger partial charge in [0, 0.05) is 23.8 Å². The van der Waals surface area contributed by atoms with Crippen LogP contribution in [0, 0.1) is 0 Å². The average Bonchev–Trinajstić information content (AvgIpc) is 2.33. The Hall–Kier alpha value is -0.320. The van der Waals surface area contributed by atoms with Crippen LogP contribution >= 0.6 is 27.5 Å². The second kappa shape index (κ2) is 6.57. The highest BCUT2D eigenvalue weighted by molar-refractivity contribution is 9.10. The molecule has 0 amide bonds. The van der Waals surface area contributed by atoms with Crippen molar-refractivity contribution in [3.05, 3.63) is 21.8 Å². The van der Waals surface area contributed by atoms with Gasteiger partial charge in [-0.25, -0.2) is 4.98 Å². The number of piperidine rings is 1. The lowest BCUT2D eigenvalue weighted by Crippen LogP contribution is -2.33. The maximum absolute atomic E-state index is 6.08. The van der Waals surface area contributed by atoms with E-state index in [4.69, 9.17) is 11.6 Å². The van der Waals surface area contributed by atoms with Crippen LogP contribution in [0.3, 0.4) is 0 Å². The van der Waals surface area contributed by atoms with E-state index < -0.39 is 0 Å². The van der Waals surface area contributed by atoms with Crippen LogP contribution in [0.1, 0.15) is 19.3 Å². The zero-order chi connectivity index (χ0) is 12.1. The summed E-state index contributed by atoms with van der Waals surface area (Å²) >= 11 is 9.43. The van der Waals surface area contributed by atoms with Gasteiger partial charge in [0.25, 0.3) is 0 Å². The number of nitrogens with one attached hydrogen (secondary N) is 1. The lowest BCUT2D eigenvalue weighted by molar-refractivity contribution is 0.237. The number of rotatable bonds is 4. The molecule has 3 nitrogen and oxygen atoms in total. The van der Waals surface area contributed by atoms with Gasteiger partial charge in [-0.3, -0.25) is 0 Å². The van der Waals surface area contributed by atoms with E-state index in [0.29, 0.717) is 5.02 Å². The van der Waals surface area contributed by atoms with E-state index in [1.807, 2.05) is 6.07 Å². The van der Waals surface area contributed by atoms with Gasteiger partial charge in [-0.05, 0) is 47.9 Å². The quantitative estimate of drug-likeness (QED) is 0.922. The smallest absolute Gasteiger partial charge is 0.144 e. The van der Waals surface area contributed by atoms with Gasteiger partial charge in [-0.15, -0.1) is 0 Å². The molecule has 1 N–H and O–H groups in total. The van der Waals surface area contributed by atoms with Gasteiger partial charge >= 0.3 is 0 Å². The van der Waals surface area contributed by atoms with Gasteiger partial charge in [-0.2, -0.15) is 0 Å². The summed E-state index contributed by atoms with van der Waals surface area (Å²) in [6, 6.07) is 1.86. The molecule has 1 aromatic heterocycles. The monoisotopic (exact) mass is 317 g/mol. The summed E-state index contributed by atoms with van der Waals surface area (Å²) in [7, 11) is 0. The molecule has 1 fully saturated rings. The van der Waals surface area contributed by atoms with Crippen molar-refractivity contribution in [2.75, 3.05) is 31.5 Å². The lowest BCUT2D eigenvalue weighted by Gasteiger charge is -2.26. The van der Waals surface area contributed by atoms with Crippen LogP contribution in [-0.4, -0.2) is 36.1 Å². The van der Waals surface area contributed by atoms with Gasteiger partial charge < -0.3 is 10.2 Å². The van der Waals surface area contributed by atoms with Gasteiger partial charge in [-0.1, -0.05) is 18.0 Å². The molecule has 0 aromatic carbocycles. The van der Waals surface area contributed by atoms with E-state index in [-0.39, 0.29) is 0 Å². The number of anilines is 1. The Balaban J connectivity index is 1.77. The third kappa shape index (κ3) is 4.12. The summed E-state index contributed by atoms with van der Waals surface area (Å²) in [6.45, 7) is 4.41. The maximum atomic E-state index is 6.08. The van der Waals surface area contributed by atoms with E-state index in [0.717, 1.165) is 23.4 Å². The minimum atomic E-state index is 0.665. The molecule has 2 heterocycles. The Morgan fingerprint density at radius 1 is 1.35 bits per heavy atom. The summed E-state index contributed by atoms with van der Waals surface area (Å²) in [5, 5.41) is 3.95. The lowest BCUT2D eigenvalue weighted by atomic mass is 10.1. The zero-order valence-electron chi connectivity index (χ0n) is 9.75. The molecule has 5 heteroatoms. The molecule has 0 aliphatic carbocycles. The molecule has 2 rings (SSSR count). The third-order valence-electron chi connectivity index (χ3n) is 2.98. The standard InChI is InChI=1S/C12H17BrClN3/c13-10-8-11(14)12(16-9-10)15-4-7-17-5-2-1-3-6-17/h8-9H,1-7H2,(H,15,16). The van der Waals surface area contributed by atoms with Crippen LogP contribution in [0.5, 0.6) is 0 Å². The average molecular weight is 319 g/mol. The minimum absolute atomic E-state index is 0.665. The number of likely N-dealkylation sites (tertiary alicyclic amines) is 1. The molecular weight excluding hydrogens is 302 g/mol. The summed E-state index contributed by atoms with van der Waals surface area (Å²) in [4.78, 5) is 6.74. The van der Waals surface area contributed by atoms with Crippen LogP contribution < -0.4 is 5.32 Å². The Morgan fingerprint density at radius 2 is 2.12 bits per heavy atom. The van der Waals surface area contributed by atoms with Gasteiger partial charge in [0.15, 0.2) is 0 Å². The normalized spacial score (nSPS) is 17.1. The van der Waals surface area contributed by atoms with Crippen LogP contribution in [0.2, 0.25) is 5.02 Å². The topological polar surface area (TPSA) is 28.2 Å². The molecule has 1 aliphatic rings. The van der Waals surface area contributed by atoms with Crippen molar-refractivity contribution in [2.45, 2.75) is 19.3 Å². The van der Waals surface area contributed by atoms with Crippen molar-refractivity contribution >= 4 is 33.3 Å². The SMILES string of the molecule is Clc1cc(Br)cnc1NCCN1CCCCC1. The number of hydrogen-bond acceptors (Lipinski definition) is 3. The first-order valence-electron chi connectivity index (χ1n) is 6.03. The fourth-order valence-electron chi connectivity index (χ4n) is 2.06. The molecule has 0 radical (unpaired) electrons. The van der Waals surface area contributed by atoms with Crippen LogP contribution in [0.15, 0.2) is 16.7 Å². The van der Waals surface area contributed by atoms with Crippen LogP contribution in [0.25, 0.3) is 0 Å². The third-order valence-corrected chi connectivity index (χ3v) is 3.70. The summed E-state index contributed by atoms with van der Waals surface area (Å²) in [5.41, 5.74) is 0. The van der Waals surface area contributed by atoms with E-state index in [1.54, 1.807) is 6.20 Å². The molecule has 0 bridgehead atoms.